The van der Waals surface area contributed by atoms with E-state index in [0.29, 0.717) is 41.1 Å². The van der Waals surface area contributed by atoms with Crippen LogP contribution in [0.25, 0.3) is 0 Å². The number of carbonyl (C=O) groups excluding carboxylic acids is 1. The van der Waals surface area contributed by atoms with Gasteiger partial charge in [-0.15, -0.1) is 0 Å². The van der Waals surface area contributed by atoms with Crippen LogP contribution in [0.3, 0.4) is 0 Å². The summed E-state index contributed by atoms with van der Waals surface area (Å²) in [6.07, 6.45) is 5.36. The second kappa shape index (κ2) is 8.46. The first-order valence-corrected chi connectivity index (χ1v) is 8.31. The molecule has 1 aliphatic rings. The van der Waals surface area contributed by atoms with Gasteiger partial charge in [-0.25, -0.2) is 5.84 Å². The first-order valence-electron chi connectivity index (χ1n) is 8.31. The molecule has 1 aromatic carbocycles. The van der Waals surface area contributed by atoms with Crippen molar-refractivity contribution < 1.29 is 15.0 Å². The Morgan fingerprint density at radius 3 is 2.73 bits per heavy atom. The minimum absolute atomic E-state index is 0.00428. The molecule has 1 aliphatic carbocycles. The number of aromatic hydroxyl groups is 1. The van der Waals surface area contributed by atoms with E-state index in [1.54, 1.807) is 37.3 Å². The Morgan fingerprint density at radius 1 is 1.38 bits per heavy atom. The molecule has 0 aliphatic heterocycles. The molecule has 0 spiro atoms. The van der Waals surface area contributed by atoms with E-state index in [-0.39, 0.29) is 18.3 Å². The number of nitrogens with zero attached hydrogens (tertiary/aromatic N) is 2. The molecule has 5 N–H and O–H groups in total. The van der Waals surface area contributed by atoms with Crippen LogP contribution in [-0.4, -0.2) is 35.0 Å². The summed E-state index contributed by atoms with van der Waals surface area (Å²) in [6, 6.07) is 3.46. The average molecular weight is 356 g/mol. The van der Waals surface area contributed by atoms with Crippen molar-refractivity contribution >= 4 is 17.3 Å². The Balaban J connectivity index is 2.27. The summed E-state index contributed by atoms with van der Waals surface area (Å²) in [6.45, 7) is 8.04. The molecule has 0 bridgehead atoms. The van der Waals surface area contributed by atoms with Crippen LogP contribution < -0.4 is 16.3 Å². The topological polar surface area (TPSA) is 111 Å². The highest BCUT2D eigenvalue weighted by atomic mass is 16.3. The van der Waals surface area contributed by atoms with Gasteiger partial charge in [-0.3, -0.25) is 4.79 Å². The first-order chi connectivity index (χ1) is 12.4. The zero-order chi connectivity index (χ0) is 19.3. The van der Waals surface area contributed by atoms with Crippen molar-refractivity contribution in [2.24, 2.45) is 10.9 Å². The number of allylic oxidation sites excluding steroid dienone is 3. The Hall–Kier alpha value is -2.90. The van der Waals surface area contributed by atoms with Crippen LogP contribution in [0.2, 0.25) is 0 Å². The van der Waals surface area contributed by atoms with Crippen molar-refractivity contribution in [2.45, 2.75) is 20.3 Å². The summed E-state index contributed by atoms with van der Waals surface area (Å²) in [4.78, 5) is 11.9. The van der Waals surface area contributed by atoms with E-state index in [2.05, 4.69) is 17.0 Å². The Labute approximate surface area is 152 Å². The fraction of sp³-hybridized carbons (Fsp3) is 0.263. The fourth-order valence-corrected chi connectivity index (χ4v) is 2.54. The summed E-state index contributed by atoms with van der Waals surface area (Å²) in [7, 11) is 0. The van der Waals surface area contributed by atoms with Crippen LogP contribution in [0.4, 0.5) is 5.69 Å². The number of aliphatic hydroxyl groups excluding tert-OH is 1. The van der Waals surface area contributed by atoms with Gasteiger partial charge in [0.2, 0.25) is 0 Å². The van der Waals surface area contributed by atoms with Crippen molar-refractivity contribution in [3.05, 3.63) is 59.2 Å². The monoisotopic (exact) mass is 356 g/mol. The number of phenolic OH excluding ortho intramolecular Hbond substituents is 1. The molecule has 7 heteroatoms. The van der Waals surface area contributed by atoms with Gasteiger partial charge in [0.15, 0.2) is 0 Å². The number of nitrogens with one attached hydrogen (secondary N) is 1. The van der Waals surface area contributed by atoms with Crippen LogP contribution >= 0.6 is 0 Å². The lowest BCUT2D eigenvalue weighted by molar-refractivity contribution is -0.117. The number of anilines is 1. The number of benzene rings is 1. The number of aliphatic hydroxyl groups is 1. The highest BCUT2D eigenvalue weighted by molar-refractivity contribution is 6.14. The van der Waals surface area contributed by atoms with Crippen LogP contribution in [0.15, 0.2) is 53.2 Å². The lowest BCUT2D eigenvalue weighted by atomic mass is 10.0. The third kappa shape index (κ3) is 4.38. The number of hydrogen-bond acceptors (Lipinski definition) is 6. The van der Waals surface area contributed by atoms with Gasteiger partial charge in [0, 0.05) is 18.7 Å². The second-order valence-corrected chi connectivity index (χ2v) is 5.90. The molecule has 0 fully saturated rings. The third-order valence-electron chi connectivity index (χ3n) is 3.88. The minimum Gasteiger partial charge on any atom is -0.505 e. The maximum absolute atomic E-state index is 11.9. The van der Waals surface area contributed by atoms with Crippen LogP contribution in [0.1, 0.15) is 18.1 Å². The molecule has 1 aromatic rings. The first kappa shape index (κ1) is 19.4. The normalized spacial score (nSPS) is 15.2. The van der Waals surface area contributed by atoms with Crippen LogP contribution in [0, 0.1) is 6.92 Å². The van der Waals surface area contributed by atoms with Gasteiger partial charge in [-0.05, 0) is 61.3 Å². The number of hydrogen-bond donors (Lipinski definition) is 4. The number of nitrogens with two attached hydrogens (primary N) is 1. The maximum Gasteiger partial charge on any atom is 0.251 e. The number of aryl methyl sites for hydroxylation is 1. The smallest absolute Gasteiger partial charge is 0.251 e. The molecule has 1 amide bonds. The lowest BCUT2D eigenvalue weighted by Gasteiger charge is -2.19. The van der Waals surface area contributed by atoms with Gasteiger partial charge in [-0.1, -0.05) is 12.6 Å². The van der Waals surface area contributed by atoms with Gasteiger partial charge in [0.1, 0.15) is 11.4 Å². The molecule has 26 heavy (non-hydrogen) atoms. The molecule has 2 rings (SSSR count). The fourth-order valence-electron chi connectivity index (χ4n) is 2.54. The zero-order valence-corrected chi connectivity index (χ0v) is 15.0. The van der Waals surface area contributed by atoms with Gasteiger partial charge in [0.05, 0.1) is 5.71 Å². The Morgan fingerprint density at radius 2 is 2.12 bits per heavy atom. The molecule has 0 saturated carbocycles. The molecular formula is C19H24N4O3. The zero-order valence-electron chi connectivity index (χ0n) is 15.0. The number of likely N-dealkylation sites (N-methyl/N-ethyl adjacent to an activating group) is 1. The maximum atomic E-state index is 11.9. The van der Waals surface area contributed by atoms with Gasteiger partial charge in [0.25, 0.3) is 5.91 Å². The number of rotatable bonds is 6. The lowest BCUT2D eigenvalue weighted by Crippen LogP contribution is -2.28. The van der Waals surface area contributed by atoms with Gasteiger partial charge < -0.3 is 15.5 Å². The molecule has 138 valence electrons. The van der Waals surface area contributed by atoms with Crippen LogP contribution in [0.5, 0.6) is 5.75 Å². The Bertz CT molecular complexity index is 809. The van der Waals surface area contributed by atoms with E-state index in [1.165, 1.54) is 0 Å². The summed E-state index contributed by atoms with van der Waals surface area (Å²) in [5.74, 6) is 5.85. The Kier molecular flexibility index (Phi) is 6.32. The predicted molar refractivity (Wildman–Crippen MR) is 103 cm³/mol. The van der Waals surface area contributed by atoms with Gasteiger partial charge in [-0.2, -0.15) is 10.2 Å². The largest absolute Gasteiger partial charge is 0.505 e. The third-order valence-corrected chi connectivity index (χ3v) is 3.88. The number of carbonyl (C=O) groups is 1. The SMILES string of the molecule is C=C1C=C(C(=O)NCC)C=C/C1=N/N(N)c1cc(CCO)cc(C)c1O. The standard InChI is InChI=1S/C19H24N4O3/c1-4-21-19(26)15-5-6-16(12(2)10-15)22-23(20)17-11-14(7-8-24)9-13(3)18(17)25/h5-6,9-11,24-25H,2,4,7-8,20H2,1,3H3,(H,21,26)/b22-16-. The van der Waals surface area contributed by atoms with Crippen molar-refractivity contribution in [2.75, 3.05) is 18.3 Å². The molecule has 0 aromatic heterocycles. The number of hydrazone groups is 1. The number of hydrazine groups is 1. The quantitative estimate of drug-likeness (QED) is 0.455. The van der Waals surface area contributed by atoms with Crippen molar-refractivity contribution in [1.29, 1.82) is 0 Å². The number of phenols is 1. The molecular weight excluding hydrogens is 332 g/mol. The molecule has 7 nitrogen and oxygen atoms in total. The summed E-state index contributed by atoms with van der Waals surface area (Å²) in [5, 5.41) is 27.5. The van der Waals surface area contributed by atoms with E-state index in [1.807, 2.05) is 6.92 Å². The predicted octanol–water partition coefficient (Wildman–Crippen LogP) is 1.46. The molecule has 0 radical (unpaired) electrons. The van der Waals surface area contributed by atoms with Gasteiger partial charge >= 0.3 is 0 Å². The molecule has 0 saturated heterocycles. The summed E-state index contributed by atoms with van der Waals surface area (Å²) >= 11 is 0. The van der Waals surface area contributed by atoms with Crippen molar-refractivity contribution in [3.63, 3.8) is 0 Å². The average Bonchev–Trinajstić information content (AvgIpc) is 2.60. The second-order valence-electron chi connectivity index (χ2n) is 5.90. The van der Waals surface area contributed by atoms with E-state index in [4.69, 9.17) is 10.9 Å². The molecule has 0 unspecified atom stereocenters. The number of amides is 1. The van der Waals surface area contributed by atoms with E-state index >= 15 is 0 Å². The van der Waals surface area contributed by atoms with E-state index in [0.717, 1.165) is 10.7 Å². The van der Waals surface area contributed by atoms with E-state index < -0.39 is 0 Å². The highest BCUT2D eigenvalue weighted by Crippen LogP contribution is 2.31. The van der Waals surface area contributed by atoms with Crippen molar-refractivity contribution in [1.82, 2.24) is 5.32 Å². The van der Waals surface area contributed by atoms with Crippen molar-refractivity contribution in [3.8, 4) is 5.75 Å². The van der Waals surface area contributed by atoms with E-state index in [9.17, 15) is 9.90 Å². The summed E-state index contributed by atoms with van der Waals surface area (Å²) in [5.41, 5.74) is 3.30. The molecule has 0 atom stereocenters. The highest BCUT2D eigenvalue weighted by Gasteiger charge is 2.16. The minimum atomic E-state index is -0.182. The summed E-state index contributed by atoms with van der Waals surface area (Å²) < 4.78 is 0. The van der Waals surface area contributed by atoms with Crippen LogP contribution in [-0.2, 0) is 11.2 Å². The molecule has 0 heterocycles.